The number of anilines is 1. The number of ether oxygens (including phenoxy) is 1. The average molecular weight is 158 g/mol. The Kier molecular flexibility index (Phi) is 1.86. The molecule has 0 unspecified atom stereocenters. The van der Waals surface area contributed by atoms with Gasteiger partial charge in [-0.05, 0) is 0 Å². The predicted octanol–water partition coefficient (Wildman–Crippen LogP) is 0.512. The lowest BCUT2D eigenvalue weighted by atomic mass is 10.5. The molecular weight excluding hydrogens is 152 g/mol. The number of carbonyl (C=O) groups is 1. The number of esters is 1. The van der Waals surface area contributed by atoms with E-state index < -0.39 is 5.97 Å². The summed E-state index contributed by atoms with van der Waals surface area (Å²) in [5, 5.41) is 0.395. The summed E-state index contributed by atoms with van der Waals surface area (Å²) in [6, 6.07) is 0. The van der Waals surface area contributed by atoms with Crippen molar-refractivity contribution in [2.45, 2.75) is 0 Å². The van der Waals surface area contributed by atoms with Gasteiger partial charge in [-0.2, -0.15) is 0 Å². The second-order valence-corrected chi connectivity index (χ2v) is 2.44. The van der Waals surface area contributed by atoms with Crippen molar-refractivity contribution in [3.63, 3.8) is 0 Å². The van der Waals surface area contributed by atoms with Crippen molar-refractivity contribution in [2.24, 2.45) is 0 Å². The van der Waals surface area contributed by atoms with E-state index >= 15 is 0 Å². The van der Waals surface area contributed by atoms with Crippen molar-refractivity contribution in [1.29, 1.82) is 0 Å². The Morgan fingerprint density at radius 1 is 1.90 bits per heavy atom. The number of thiazole rings is 1. The van der Waals surface area contributed by atoms with Gasteiger partial charge in [-0.3, -0.25) is 0 Å². The highest BCUT2D eigenvalue weighted by molar-refractivity contribution is 7.14. The zero-order chi connectivity index (χ0) is 7.56. The molecule has 1 aromatic rings. The summed E-state index contributed by atoms with van der Waals surface area (Å²) in [5.41, 5.74) is 7.08. The molecule has 0 atom stereocenters. The predicted molar refractivity (Wildman–Crippen MR) is 37.9 cm³/mol. The van der Waals surface area contributed by atoms with Gasteiger partial charge in [-0.15, -0.1) is 11.3 Å². The van der Waals surface area contributed by atoms with Crippen LogP contribution in [0, 0.1) is 0 Å². The lowest BCUT2D eigenvalue weighted by Crippen LogP contribution is -2.03. The molecule has 0 aliphatic rings. The van der Waals surface area contributed by atoms with Crippen LogP contribution in [0.15, 0.2) is 5.51 Å². The number of carbonyl (C=O) groups excluding carboxylic acids is 1. The van der Waals surface area contributed by atoms with Crippen molar-refractivity contribution in [3.8, 4) is 0 Å². The third-order valence-electron chi connectivity index (χ3n) is 0.974. The van der Waals surface area contributed by atoms with Gasteiger partial charge < -0.3 is 10.5 Å². The largest absolute Gasteiger partial charge is 0.464 e. The summed E-state index contributed by atoms with van der Waals surface area (Å²) in [7, 11) is 1.29. The molecule has 0 fully saturated rings. The van der Waals surface area contributed by atoms with Crippen LogP contribution < -0.4 is 5.73 Å². The normalized spacial score (nSPS) is 9.30. The fourth-order valence-corrected chi connectivity index (χ4v) is 1.02. The van der Waals surface area contributed by atoms with E-state index in [4.69, 9.17) is 5.73 Å². The lowest BCUT2D eigenvalue weighted by molar-refractivity contribution is 0.0596. The number of rotatable bonds is 1. The molecule has 10 heavy (non-hydrogen) atoms. The Hall–Kier alpha value is -1.10. The van der Waals surface area contributed by atoms with Crippen molar-refractivity contribution >= 4 is 22.3 Å². The Bertz CT molecular complexity index is 246. The summed E-state index contributed by atoms with van der Waals surface area (Å²) in [4.78, 5) is 14.4. The van der Waals surface area contributed by atoms with Crippen LogP contribution in [0.1, 0.15) is 10.5 Å². The Morgan fingerprint density at radius 2 is 2.60 bits per heavy atom. The first-order valence-corrected chi connectivity index (χ1v) is 3.41. The summed E-state index contributed by atoms with van der Waals surface area (Å²) >= 11 is 1.21. The minimum atomic E-state index is -0.487. The molecule has 0 amide bonds. The van der Waals surface area contributed by atoms with Gasteiger partial charge in [0.05, 0.1) is 12.6 Å². The summed E-state index contributed by atoms with van der Waals surface area (Å²) in [6.07, 6.45) is 0. The van der Waals surface area contributed by atoms with Crippen molar-refractivity contribution < 1.29 is 9.53 Å². The molecule has 0 saturated heterocycles. The van der Waals surface area contributed by atoms with Crippen LogP contribution in [0.3, 0.4) is 0 Å². The van der Waals surface area contributed by atoms with Gasteiger partial charge in [0.15, 0.2) is 5.69 Å². The molecule has 0 bridgehead atoms. The maximum absolute atomic E-state index is 10.7. The number of aromatic nitrogens is 1. The molecule has 54 valence electrons. The Labute approximate surface area is 61.6 Å². The van der Waals surface area contributed by atoms with Crippen molar-refractivity contribution in [1.82, 2.24) is 4.98 Å². The van der Waals surface area contributed by atoms with E-state index in [1.165, 1.54) is 24.0 Å². The first-order chi connectivity index (χ1) is 4.75. The SMILES string of the molecule is COC(=O)c1ncsc1N. The number of nitrogen functional groups attached to an aromatic ring is 1. The smallest absolute Gasteiger partial charge is 0.359 e. The number of hydrogen-bond acceptors (Lipinski definition) is 5. The van der Waals surface area contributed by atoms with Gasteiger partial charge in [0, 0.05) is 0 Å². The number of nitrogens with zero attached hydrogens (tertiary/aromatic N) is 1. The minimum Gasteiger partial charge on any atom is -0.464 e. The fourth-order valence-electron chi connectivity index (χ4n) is 0.505. The molecule has 0 aliphatic carbocycles. The van der Waals surface area contributed by atoms with E-state index in [9.17, 15) is 4.79 Å². The first-order valence-electron chi connectivity index (χ1n) is 2.53. The second-order valence-electron chi connectivity index (χ2n) is 1.56. The molecule has 0 aromatic carbocycles. The topological polar surface area (TPSA) is 65.2 Å². The molecule has 0 saturated carbocycles. The highest BCUT2D eigenvalue weighted by atomic mass is 32.1. The highest BCUT2D eigenvalue weighted by Gasteiger charge is 2.11. The number of nitrogens with two attached hydrogens (primary N) is 1. The van der Waals surface area contributed by atoms with Gasteiger partial charge in [0.2, 0.25) is 0 Å². The Balaban J connectivity index is 2.93. The molecule has 4 nitrogen and oxygen atoms in total. The third-order valence-corrected chi connectivity index (χ3v) is 1.63. The Morgan fingerprint density at radius 3 is 3.00 bits per heavy atom. The van der Waals surface area contributed by atoms with E-state index in [-0.39, 0.29) is 5.69 Å². The van der Waals surface area contributed by atoms with Gasteiger partial charge in [-0.1, -0.05) is 0 Å². The average Bonchev–Trinajstić information content (AvgIpc) is 2.34. The summed E-state index contributed by atoms with van der Waals surface area (Å²) < 4.78 is 4.40. The van der Waals surface area contributed by atoms with Crippen LogP contribution in [0.25, 0.3) is 0 Å². The van der Waals surface area contributed by atoms with Crippen LogP contribution >= 0.6 is 11.3 Å². The monoisotopic (exact) mass is 158 g/mol. The maximum atomic E-state index is 10.7. The molecule has 2 N–H and O–H groups in total. The molecule has 5 heteroatoms. The van der Waals surface area contributed by atoms with E-state index in [1.807, 2.05) is 0 Å². The lowest BCUT2D eigenvalue weighted by Gasteiger charge is -1.92. The third kappa shape index (κ3) is 1.08. The summed E-state index contributed by atoms with van der Waals surface area (Å²) in [6.45, 7) is 0. The van der Waals surface area contributed by atoms with Crippen LogP contribution in [-0.2, 0) is 4.74 Å². The van der Waals surface area contributed by atoms with Crippen LogP contribution in [0.5, 0.6) is 0 Å². The van der Waals surface area contributed by atoms with Gasteiger partial charge in [-0.25, -0.2) is 9.78 Å². The van der Waals surface area contributed by atoms with E-state index in [0.29, 0.717) is 5.00 Å². The van der Waals surface area contributed by atoms with Crippen molar-refractivity contribution in [3.05, 3.63) is 11.2 Å². The van der Waals surface area contributed by atoms with Crippen LogP contribution in [0.2, 0.25) is 0 Å². The van der Waals surface area contributed by atoms with Crippen LogP contribution in [-0.4, -0.2) is 18.1 Å². The maximum Gasteiger partial charge on any atom is 0.359 e. The van der Waals surface area contributed by atoms with Crippen molar-refractivity contribution in [2.75, 3.05) is 12.8 Å². The molecule has 1 heterocycles. The summed E-state index contributed by atoms with van der Waals surface area (Å²) in [5.74, 6) is -0.487. The zero-order valence-electron chi connectivity index (χ0n) is 5.33. The standard InChI is InChI=1S/C5H6N2O2S/c1-9-5(8)3-4(6)10-2-7-3/h2H,6H2,1H3. The van der Waals surface area contributed by atoms with Gasteiger partial charge in [0.1, 0.15) is 5.00 Å². The number of hydrogen-bond donors (Lipinski definition) is 1. The molecule has 0 spiro atoms. The zero-order valence-corrected chi connectivity index (χ0v) is 6.14. The first kappa shape index (κ1) is 7.01. The van der Waals surface area contributed by atoms with Gasteiger partial charge >= 0.3 is 5.97 Å². The van der Waals surface area contributed by atoms with E-state index in [0.717, 1.165) is 0 Å². The van der Waals surface area contributed by atoms with Gasteiger partial charge in [0.25, 0.3) is 0 Å². The molecule has 0 aliphatic heterocycles. The second kappa shape index (κ2) is 2.66. The number of methoxy groups -OCH3 is 1. The molecule has 1 rings (SSSR count). The quantitative estimate of drug-likeness (QED) is 0.605. The minimum absolute atomic E-state index is 0.201. The highest BCUT2D eigenvalue weighted by Crippen LogP contribution is 2.15. The molecule has 1 aromatic heterocycles. The molecular formula is C5H6N2O2S. The van der Waals surface area contributed by atoms with E-state index in [1.54, 1.807) is 0 Å². The fraction of sp³-hybridized carbons (Fsp3) is 0.200. The van der Waals surface area contributed by atoms with E-state index in [2.05, 4.69) is 9.72 Å². The molecule has 0 radical (unpaired) electrons. The van der Waals surface area contributed by atoms with Crippen LogP contribution in [0.4, 0.5) is 5.00 Å².